The lowest BCUT2D eigenvalue weighted by Crippen LogP contribution is -2.45. The summed E-state index contributed by atoms with van der Waals surface area (Å²) in [6.45, 7) is 4.50. The van der Waals surface area contributed by atoms with E-state index in [-0.39, 0.29) is 12.5 Å². The van der Waals surface area contributed by atoms with E-state index >= 15 is 0 Å². The van der Waals surface area contributed by atoms with Gasteiger partial charge in [0.2, 0.25) is 5.91 Å². The van der Waals surface area contributed by atoms with Gasteiger partial charge in [0.1, 0.15) is 0 Å². The minimum Gasteiger partial charge on any atom is -0.395 e. The normalized spacial score (nSPS) is 23.1. The molecule has 0 bridgehead atoms. The molecule has 1 saturated carbocycles. The first kappa shape index (κ1) is 17.4. The third-order valence-corrected chi connectivity index (χ3v) is 4.31. The van der Waals surface area contributed by atoms with Crippen molar-refractivity contribution in [2.75, 3.05) is 47.0 Å². The number of aliphatic hydroxyl groups excluding tert-OH is 1. The first-order valence-electron chi connectivity index (χ1n) is 7.66. The van der Waals surface area contributed by atoms with Crippen molar-refractivity contribution in [3.8, 4) is 0 Å². The molecule has 0 heterocycles. The molecule has 1 N–H and O–H groups in total. The van der Waals surface area contributed by atoms with Gasteiger partial charge in [-0.1, -0.05) is 6.92 Å². The molecule has 0 unspecified atom stereocenters. The van der Waals surface area contributed by atoms with Crippen LogP contribution in [0.5, 0.6) is 0 Å². The fraction of sp³-hybridized carbons (Fsp3) is 0.933. The van der Waals surface area contributed by atoms with E-state index in [2.05, 4.69) is 6.92 Å². The molecular weight excluding hydrogens is 256 g/mol. The Morgan fingerprint density at radius 2 is 1.90 bits per heavy atom. The predicted molar refractivity (Wildman–Crippen MR) is 79.6 cm³/mol. The Hall–Kier alpha value is -0.650. The van der Waals surface area contributed by atoms with Crippen molar-refractivity contribution in [3.63, 3.8) is 0 Å². The summed E-state index contributed by atoms with van der Waals surface area (Å²) < 4.78 is 5.04. The van der Waals surface area contributed by atoms with Crippen LogP contribution in [0, 0.1) is 5.92 Å². The zero-order valence-electron chi connectivity index (χ0n) is 13.2. The van der Waals surface area contributed by atoms with Gasteiger partial charge in [0.25, 0.3) is 0 Å². The van der Waals surface area contributed by atoms with Crippen LogP contribution in [0.3, 0.4) is 0 Å². The molecule has 1 aliphatic rings. The highest BCUT2D eigenvalue weighted by Gasteiger charge is 2.25. The summed E-state index contributed by atoms with van der Waals surface area (Å²) in [5.41, 5.74) is 0. The van der Waals surface area contributed by atoms with Crippen LogP contribution >= 0.6 is 0 Å². The number of carbonyl (C=O) groups excluding carboxylic acids is 1. The second-order valence-electron chi connectivity index (χ2n) is 5.91. The second-order valence-corrected chi connectivity index (χ2v) is 5.91. The van der Waals surface area contributed by atoms with E-state index in [1.165, 1.54) is 12.8 Å². The number of amides is 1. The third kappa shape index (κ3) is 5.77. The Morgan fingerprint density at radius 3 is 2.45 bits per heavy atom. The molecule has 1 aliphatic carbocycles. The predicted octanol–water partition coefficient (Wildman–Crippen LogP) is 0.964. The summed E-state index contributed by atoms with van der Waals surface area (Å²) in [7, 11) is 3.56. The van der Waals surface area contributed by atoms with E-state index in [1.807, 2.05) is 16.8 Å². The number of aliphatic hydroxyl groups is 1. The third-order valence-electron chi connectivity index (χ3n) is 4.31. The van der Waals surface area contributed by atoms with E-state index in [1.54, 1.807) is 7.11 Å². The smallest absolute Gasteiger partial charge is 0.236 e. The molecule has 1 amide bonds. The molecule has 5 heteroatoms. The zero-order valence-corrected chi connectivity index (χ0v) is 13.2. The summed E-state index contributed by atoms with van der Waals surface area (Å²) in [5.74, 6) is 0.941. The van der Waals surface area contributed by atoms with E-state index in [9.17, 15) is 4.79 Å². The van der Waals surface area contributed by atoms with Crippen molar-refractivity contribution in [2.24, 2.45) is 5.92 Å². The van der Waals surface area contributed by atoms with Gasteiger partial charge in [-0.2, -0.15) is 0 Å². The average molecular weight is 286 g/mol. The summed E-state index contributed by atoms with van der Waals surface area (Å²) in [6.07, 6.45) is 4.65. The van der Waals surface area contributed by atoms with Crippen molar-refractivity contribution < 1.29 is 14.6 Å². The largest absolute Gasteiger partial charge is 0.395 e. The van der Waals surface area contributed by atoms with Crippen LogP contribution in [-0.4, -0.2) is 73.9 Å². The van der Waals surface area contributed by atoms with Gasteiger partial charge in [-0.25, -0.2) is 0 Å². The molecule has 20 heavy (non-hydrogen) atoms. The van der Waals surface area contributed by atoms with Gasteiger partial charge >= 0.3 is 0 Å². The van der Waals surface area contributed by atoms with E-state index in [0.717, 1.165) is 18.8 Å². The number of methoxy groups -OCH3 is 1. The van der Waals surface area contributed by atoms with Gasteiger partial charge in [0.05, 0.1) is 19.8 Å². The highest BCUT2D eigenvalue weighted by Crippen LogP contribution is 2.26. The molecule has 5 nitrogen and oxygen atoms in total. The summed E-state index contributed by atoms with van der Waals surface area (Å²) >= 11 is 0. The Bertz CT molecular complexity index is 278. The van der Waals surface area contributed by atoms with Gasteiger partial charge in [-0.15, -0.1) is 0 Å². The lowest BCUT2D eigenvalue weighted by Gasteiger charge is -2.34. The van der Waals surface area contributed by atoms with Crippen LogP contribution in [0.25, 0.3) is 0 Å². The molecule has 1 rings (SSSR count). The lowest BCUT2D eigenvalue weighted by molar-refractivity contribution is -0.134. The van der Waals surface area contributed by atoms with Crippen molar-refractivity contribution in [2.45, 2.75) is 38.6 Å². The maximum Gasteiger partial charge on any atom is 0.236 e. The Morgan fingerprint density at radius 1 is 1.25 bits per heavy atom. The van der Waals surface area contributed by atoms with Gasteiger partial charge in [0, 0.05) is 33.3 Å². The van der Waals surface area contributed by atoms with Gasteiger partial charge in [-0.05, 0) is 31.6 Å². The highest BCUT2D eigenvalue weighted by atomic mass is 16.5. The Balaban J connectivity index is 2.41. The van der Waals surface area contributed by atoms with Gasteiger partial charge in [0.15, 0.2) is 0 Å². The minimum absolute atomic E-state index is 0.0711. The van der Waals surface area contributed by atoms with Crippen LogP contribution in [0.1, 0.15) is 32.6 Å². The molecule has 0 atom stereocenters. The monoisotopic (exact) mass is 286 g/mol. The molecule has 0 radical (unpaired) electrons. The van der Waals surface area contributed by atoms with Crippen molar-refractivity contribution in [1.29, 1.82) is 0 Å². The average Bonchev–Trinajstić information content (AvgIpc) is 2.45. The van der Waals surface area contributed by atoms with E-state index in [4.69, 9.17) is 9.84 Å². The number of rotatable bonds is 8. The lowest BCUT2D eigenvalue weighted by atomic mass is 9.87. The summed E-state index contributed by atoms with van der Waals surface area (Å²) in [5, 5.41) is 9.06. The number of hydrogen-bond acceptors (Lipinski definition) is 4. The molecule has 0 aromatic heterocycles. The number of ether oxygens (including phenoxy) is 1. The number of likely N-dealkylation sites (N-methyl/N-ethyl adjacent to an activating group) is 1. The van der Waals surface area contributed by atoms with Crippen LogP contribution < -0.4 is 0 Å². The Kier molecular flexibility index (Phi) is 8.11. The molecular formula is C15H30N2O3. The number of hydrogen-bond donors (Lipinski definition) is 1. The molecule has 0 aromatic carbocycles. The van der Waals surface area contributed by atoms with Gasteiger partial charge in [-0.3, -0.25) is 9.69 Å². The van der Waals surface area contributed by atoms with Crippen molar-refractivity contribution in [1.82, 2.24) is 9.80 Å². The SMILES string of the molecule is COCCN(CCO)CC(=O)N(C)C1CCC(C)CC1. The van der Waals surface area contributed by atoms with Crippen LogP contribution in [0.2, 0.25) is 0 Å². The Labute approximate surface area is 122 Å². The highest BCUT2D eigenvalue weighted by molar-refractivity contribution is 5.78. The first-order valence-corrected chi connectivity index (χ1v) is 7.66. The fourth-order valence-corrected chi connectivity index (χ4v) is 2.77. The molecule has 118 valence electrons. The van der Waals surface area contributed by atoms with Crippen molar-refractivity contribution >= 4 is 5.91 Å². The maximum atomic E-state index is 12.3. The molecule has 0 spiro atoms. The number of carbonyl (C=O) groups is 1. The topological polar surface area (TPSA) is 53.0 Å². The van der Waals surface area contributed by atoms with Crippen LogP contribution in [0.15, 0.2) is 0 Å². The maximum absolute atomic E-state index is 12.3. The van der Waals surface area contributed by atoms with Crippen LogP contribution in [-0.2, 0) is 9.53 Å². The zero-order chi connectivity index (χ0) is 15.0. The summed E-state index contributed by atoms with van der Waals surface area (Å²) in [4.78, 5) is 16.2. The van der Waals surface area contributed by atoms with Crippen molar-refractivity contribution in [3.05, 3.63) is 0 Å². The van der Waals surface area contributed by atoms with Crippen LogP contribution in [0.4, 0.5) is 0 Å². The molecule has 0 aromatic rings. The molecule has 0 saturated heterocycles. The molecule has 1 fully saturated rings. The first-order chi connectivity index (χ1) is 9.58. The van der Waals surface area contributed by atoms with Gasteiger partial charge < -0.3 is 14.7 Å². The quantitative estimate of drug-likeness (QED) is 0.722. The second kappa shape index (κ2) is 9.32. The van der Waals surface area contributed by atoms with E-state index in [0.29, 0.717) is 32.3 Å². The minimum atomic E-state index is 0.0711. The molecule has 0 aliphatic heterocycles. The summed E-state index contributed by atoms with van der Waals surface area (Å²) in [6, 6.07) is 0.386. The van der Waals surface area contributed by atoms with E-state index < -0.39 is 0 Å². The fourth-order valence-electron chi connectivity index (χ4n) is 2.77. The standard InChI is InChI=1S/C15H30N2O3/c1-13-4-6-14(7-5-13)16(2)15(19)12-17(8-10-18)9-11-20-3/h13-14,18H,4-12H2,1-3H3. The number of nitrogens with zero attached hydrogens (tertiary/aromatic N) is 2.